The highest BCUT2D eigenvalue weighted by molar-refractivity contribution is 5.99. The van der Waals surface area contributed by atoms with Gasteiger partial charge < -0.3 is 14.4 Å². The zero-order valence-corrected chi connectivity index (χ0v) is 18.8. The monoisotopic (exact) mass is 435 g/mol. The number of aryl methyl sites for hydroxylation is 1. The largest absolute Gasteiger partial charge is 0.497 e. The van der Waals surface area contributed by atoms with Gasteiger partial charge in [0.15, 0.2) is 0 Å². The lowest BCUT2D eigenvalue weighted by atomic mass is 9.90. The van der Waals surface area contributed by atoms with Crippen LogP contribution in [0.3, 0.4) is 0 Å². The van der Waals surface area contributed by atoms with Crippen LogP contribution in [0.15, 0.2) is 36.7 Å². The average Bonchev–Trinajstić information content (AvgIpc) is 3.33. The zero-order chi connectivity index (χ0) is 22.5. The molecule has 0 radical (unpaired) electrons. The number of nitrogens with one attached hydrogen (secondary N) is 1. The normalized spacial score (nSPS) is 14.5. The number of benzene rings is 1. The van der Waals surface area contributed by atoms with Crippen LogP contribution >= 0.6 is 0 Å². The van der Waals surface area contributed by atoms with Gasteiger partial charge in [0.25, 0.3) is 5.91 Å². The van der Waals surface area contributed by atoms with E-state index in [9.17, 15) is 4.79 Å². The summed E-state index contributed by atoms with van der Waals surface area (Å²) in [5, 5.41) is 7.11. The first-order valence-corrected chi connectivity index (χ1v) is 11.0. The lowest BCUT2D eigenvalue weighted by molar-refractivity contribution is 0.0711. The Morgan fingerprint density at radius 1 is 1.19 bits per heavy atom. The topological polar surface area (TPSA) is 93.2 Å². The van der Waals surface area contributed by atoms with E-state index in [1.807, 2.05) is 49.2 Å². The predicted molar refractivity (Wildman–Crippen MR) is 121 cm³/mol. The van der Waals surface area contributed by atoms with E-state index in [4.69, 9.17) is 14.5 Å². The number of amides is 1. The molecule has 1 aromatic carbocycles. The van der Waals surface area contributed by atoms with E-state index >= 15 is 0 Å². The van der Waals surface area contributed by atoms with Crippen molar-refractivity contribution in [2.24, 2.45) is 0 Å². The third kappa shape index (κ3) is 4.65. The zero-order valence-electron chi connectivity index (χ0n) is 18.8. The van der Waals surface area contributed by atoms with E-state index in [1.54, 1.807) is 13.3 Å². The van der Waals surface area contributed by atoms with Crippen molar-refractivity contribution in [1.29, 1.82) is 0 Å². The molecular weight excluding hydrogens is 406 g/mol. The van der Waals surface area contributed by atoms with Crippen LogP contribution in [0, 0.1) is 6.92 Å². The molecule has 8 nitrogen and oxygen atoms in total. The fourth-order valence-electron chi connectivity index (χ4n) is 4.14. The number of nitrogens with zero attached hydrogens (tertiary/aromatic N) is 4. The van der Waals surface area contributed by atoms with Crippen LogP contribution in [0.1, 0.15) is 53.1 Å². The third-order valence-corrected chi connectivity index (χ3v) is 5.90. The second-order valence-electron chi connectivity index (χ2n) is 7.92. The van der Waals surface area contributed by atoms with Crippen molar-refractivity contribution in [3.63, 3.8) is 0 Å². The summed E-state index contributed by atoms with van der Waals surface area (Å²) < 4.78 is 10.8. The van der Waals surface area contributed by atoms with Gasteiger partial charge in [0.2, 0.25) is 0 Å². The molecule has 168 valence electrons. The molecule has 0 aliphatic carbocycles. The summed E-state index contributed by atoms with van der Waals surface area (Å²) in [6.07, 6.45) is 5.20. The van der Waals surface area contributed by atoms with Gasteiger partial charge in [-0.3, -0.25) is 9.89 Å². The lowest BCUT2D eigenvalue weighted by Crippen LogP contribution is -2.38. The molecule has 0 atom stereocenters. The summed E-state index contributed by atoms with van der Waals surface area (Å²) in [7, 11) is 1.63. The lowest BCUT2D eigenvalue weighted by Gasteiger charge is -2.32. The fraction of sp³-hybridized carbons (Fsp3) is 0.417. The van der Waals surface area contributed by atoms with Gasteiger partial charge >= 0.3 is 0 Å². The number of hydrogen-bond donors (Lipinski definition) is 1. The molecular formula is C24H29N5O3. The van der Waals surface area contributed by atoms with Crippen LogP contribution in [0.2, 0.25) is 0 Å². The number of hydrogen-bond acceptors (Lipinski definition) is 6. The molecule has 0 spiro atoms. The number of carbonyl (C=O) groups excluding carboxylic acids is 1. The van der Waals surface area contributed by atoms with E-state index in [1.165, 1.54) is 0 Å². The fourth-order valence-corrected chi connectivity index (χ4v) is 4.14. The van der Waals surface area contributed by atoms with Crippen LogP contribution in [-0.4, -0.2) is 57.8 Å². The highest BCUT2D eigenvalue weighted by Gasteiger charge is 2.29. The Bertz CT molecular complexity index is 1060. The quantitative estimate of drug-likeness (QED) is 0.608. The van der Waals surface area contributed by atoms with Gasteiger partial charge in [-0.15, -0.1) is 0 Å². The molecule has 4 rings (SSSR count). The van der Waals surface area contributed by atoms with Crippen molar-refractivity contribution in [3.8, 4) is 17.0 Å². The molecule has 1 saturated heterocycles. The van der Waals surface area contributed by atoms with Crippen molar-refractivity contribution in [3.05, 3.63) is 59.3 Å². The maximum absolute atomic E-state index is 13.3. The molecule has 2 aromatic heterocycles. The van der Waals surface area contributed by atoms with E-state index in [0.29, 0.717) is 37.8 Å². The summed E-state index contributed by atoms with van der Waals surface area (Å²) in [6, 6.07) is 7.60. The van der Waals surface area contributed by atoms with Crippen LogP contribution < -0.4 is 4.74 Å². The molecule has 3 aromatic rings. The van der Waals surface area contributed by atoms with Crippen molar-refractivity contribution >= 4 is 5.91 Å². The van der Waals surface area contributed by atoms with Gasteiger partial charge in [0, 0.05) is 42.9 Å². The maximum Gasteiger partial charge on any atom is 0.257 e. The molecule has 32 heavy (non-hydrogen) atoms. The van der Waals surface area contributed by atoms with E-state index in [-0.39, 0.29) is 5.91 Å². The number of likely N-dealkylation sites (tertiary alicyclic amines) is 1. The minimum absolute atomic E-state index is 0.00331. The Morgan fingerprint density at radius 2 is 1.94 bits per heavy atom. The first-order chi connectivity index (χ1) is 15.6. The Morgan fingerprint density at radius 3 is 2.62 bits per heavy atom. The number of carbonyl (C=O) groups is 1. The highest BCUT2D eigenvalue weighted by atomic mass is 16.5. The molecule has 1 fully saturated rings. The van der Waals surface area contributed by atoms with Gasteiger partial charge in [0.1, 0.15) is 11.6 Å². The summed E-state index contributed by atoms with van der Waals surface area (Å²) in [6.45, 7) is 6.41. The Kier molecular flexibility index (Phi) is 6.80. The van der Waals surface area contributed by atoms with Crippen LogP contribution in [0.5, 0.6) is 5.75 Å². The minimum Gasteiger partial charge on any atom is -0.497 e. The van der Waals surface area contributed by atoms with Crippen molar-refractivity contribution < 1.29 is 14.3 Å². The van der Waals surface area contributed by atoms with Gasteiger partial charge in [0.05, 0.1) is 36.9 Å². The van der Waals surface area contributed by atoms with E-state index in [0.717, 1.165) is 46.9 Å². The number of ether oxygens (including phenoxy) is 2. The maximum atomic E-state index is 13.3. The molecule has 8 heteroatoms. The second-order valence-corrected chi connectivity index (χ2v) is 7.92. The molecule has 0 bridgehead atoms. The number of piperidine rings is 1. The molecule has 0 unspecified atom stereocenters. The number of methoxy groups -OCH3 is 1. The Hall–Kier alpha value is -3.26. The van der Waals surface area contributed by atoms with Gasteiger partial charge in [-0.1, -0.05) is 0 Å². The minimum atomic E-state index is -0.00331. The van der Waals surface area contributed by atoms with Crippen molar-refractivity contribution in [2.45, 2.75) is 39.2 Å². The van der Waals surface area contributed by atoms with Crippen LogP contribution in [0.25, 0.3) is 11.3 Å². The summed E-state index contributed by atoms with van der Waals surface area (Å²) in [4.78, 5) is 24.2. The molecule has 3 heterocycles. The smallest absolute Gasteiger partial charge is 0.257 e. The first-order valence-electron chi connectivity index (χ1n) is 11.0. The molecule has 1 aliphatic rings. The number of aromatic amines is 1. The standard InChI is InChI=1S/C24H29N5O3/c1-4-32-15-19-13-25-16(2)27-22(19)18-9-11-29(12-10-18)24(30)21-14-26-28-23(21)17-5-7-20(31-3)8-6-17/h5-8,13-14,18H,4,9-12,15H2,1-3H3,(H,26,28). The van der Waals surface area contributed by atoms with E-state index in [2.05, 4.69) is 15.2 Å². The summed E-state index contributed by atoms with van der Waals surface area (Å²) in [5.74, 6) is 1.83. The highest BCUT2D eigenvalue weighted by Crippen LogP contribution is 2.31. The van der Waals surface area contributed by atoms with Gasteiger partial charge in [-0.25, -0.2) is 9.97 Å². The summed E-state index contributed by atoms with van der Waals surface area (Å²) >= 11 is 0. The summed E-state index contributed by atoms with van der Waals surface area (Å²) in [5.41, 5.74) is 4.31. The van der Waals surface area contributed by atoms with Crippen molar-refractivity contribution in [1.82, 2.24) is 25.1 Å². The average molecular weight is 436 g/mol. The number of aromatic nitrogens is 4. The number of rotatable bonds is 7. The van der Waals surface area contributed by atoms with Gasteiger partial charge in [-0.05, 0) is 51.0 Å². The predicted octanol–water partition coefficient (Wildman–Crippen LogP) is 3.74. The van der Waals surface area contributed by atoms with Crippen LogP contribution in [-0.2, 0) is 11.3 Å². The first kappa shape index (κ1) is 22.0. The SMILES string of the molecule is CCOCc1cnc(C)nc1C1CCN(C(=O)c2cn[nH]c2-c2ccc(OC)cc2)CC1. The second kappa shape index (κ2) is 9.91. The third-order valence-electron chi connectivity index (χ3n) is 5.90. The Balaban J connectivity index is 1.46. The van der Waals surface area contributed by atoms with Crippen LogP contribution in [0.4, 0.5) is 0 Å². The molecule has 1 N–H and O–H groups in total. The number of H-pyrrole nitrogens is 1. The van der Waals surface area contributed by atoms with E-state index < -0.39 is 0 Å². The molecule has 1 amide bonds. The molecule has 0 saturated carbocycles. The van der Waals surface area contributed by atoms with Crippen molar-refractivity contribution in [2.75, 3.05) is 26.8 Å². The Labute approximate surface area is 188 Å². The molecule has 1 aliphatic heterocycles. The van der Waals surface area contributed by atoms with Gasteiger partial charge in [-0.2, -0.15) is 5.10 Å².